The summed E-state index contributed by atoms with van der Waals surface area (Å²) in [7, 11) is 0. The van der Waals surface area contributed by atoms with Crippen LogP contribution < -0.4 is 0 Å². The Morgan fingerprint density at radius 3 is 2.88 bits per heavy atom. The van der Waals surface area contributed by atoms with Gasteiger partial charge in [0.15, 0.2) is 11.6 Å². The van der Waals surface area contributed by atoms with Crippen molar-refractivity contribution in [2.45, 2.75) is 39.5 Å². The molecular weight excluding hydrogens is 311 g/mol. The van der Waals surface area contributed by atoms with Gasteiger partial charge in [0.25, 0.3) is 0 Å². The number of ether oxygens (including phenoxy) is 1. The predicted molar refractivity (Wildman–Crippen MR) is 85.6 cm³/mol. The zero-order chi connectivity index (χ0) is 17.1. The van der Waals surface area contributed by atoms with Crippen LogP contribution in [-0.4, -0.2) is 38.7 Å². The van der Waals surface area contributed by atoms with E-state index < -0.39 is 0 Å². The van der Waals surface area contributed by atoms with Crippen molar-refractivity contribution in [3.05, 3.63) is 47.3 Å². The fraction of sp³-hybridized carbons (Fsp3) is 0.471. The average Bonchev–Trinajstić information content (AvgIpc) is 2.99. The molecule has 1 aliphatic heterocycles. The lowest BCUT2D eigenvalue weighted by Gasteiger charge is -2.34. The third-order valence-electron chi connectivity index (χ3n) is 4.32. The zero-order valence-corrected chi connectivity index (χ0v) is 13.9. The second-order valence-electron chi connectivity index (χ2n) is 5.79. The highest BCUT2D eigenvalue weighted by Gasteiger charge is 2.31. The molecule has 3 rings (SSSR count). The molecule has 0 radical (unpaired) electrons. The molecule has 0 saturated heterocycles. The summed E-state index contributed by atoms with van der Waals surface area (Å²) in [4.78, 5) is 14.3. The molecule has 24 heavy (non-hydrogen) atoms. The van der Waals surface area contributed by atoms with E-state index in [1.807, 2.05) is 18.4 Å². The maximum absolute atomic E-state index is 13.8. The molecule has 6 nitrogen and oxygen atoms in total. The second kappa shape index (κ2) is 7.09. The predicted octanol–water partition coefficient (Wildman–Crippen LogP) is 2.10. The van der Waals surface area contributed by atoms with Crippen molar-refractivity contribution in [3.63, 3.8) is 0 Å². The van der Waals surface area contributed by atoms with E-state index in [4.69, 9.17) is 4.74 Å². The molecule has 2 heterocycles. The van der Waals surface area contributed by atoms with Crippen LogP contribution in [0.5, 0.6) is 0 Å². The number of amides is 1. The number of hydrogen-bond acceptors (Lipinski definition) is 4. The molecule has 0 fully saturated rings. The van der Waals surface area contributed by atoms with E-state index in [1.165, 1.54) is 6.07 Å². The Morgan fingerprint density at radius 2 is 2.12 bits per heavy atom. The molecule has 0 unspecified atom stereocenters. The molecule has 1 aliphatic rings. The number of aromatic nitrogens is 3. The van der Waals surface area contributed by atoms with E-state index in [0.717, 1.165) is 11.6 Å². The Kier molecular flexibility index (Phi) is 4.89. The van der Waals surface area contributed by atoms with E-state index in [9.17, 15) is 9.18 Å². The number of carbonyl (C=O) groups is 1. The van der Waals surface area contributed by atoms with Crippen LogP contribution in [0.3, 0.4) is 0 Å². The largest absolute Gasteiger partial charge is 0.374 e. The Morgan fingerprint density at radius 1 is 1.33 bits per heavy atom. The Labute approximate surface area is 140 Å². The fourth-order valence-corrected chi connectivity index (χ4v) is 2.99. The van der Waals surface area contributed by atoms with Gasteiger partial charge in [-0.1, -0.05) is 18.2 Å². The lowest BCUT2D eigenvalue weighted by molar-refractivity contribution is -0.133. The minimum absolute atomic E-state index is 0.0525. The Hall–Kier alpha value is -2.28. The lowest BCUT2D eigenvalue weighted by Crippen LogP contribution is -2.42. The summed E-state index contributed by atoms with van der Waals surface area (Å²) in [5, 5.41) is 8.38. The van der Waals surface area contributed by atoms with Gasteiger partial charge in [0.05, 0.1) is 12.5 Å². The molecule has 7 heteroatoms. The van der Waals surface area contributed by atoms with Gasteiger partial charge in [0.2, 0.25) is 5.91 Å². The summed E-state index contributed by atoms with van der Waals surface area (Å²) in [6.45, 7) is 6.06. The fourth-order valence-electron chi connectivity index (χ4n) is 2.99. The molecule has 0 aliphatic carbocycles. The molecule has 1 amide bonds. The van der Waals surface area contributed by atoms with Crippen LogP contribution in [0.4, 0.5) is 4.39 Å². The first-order valence-electron chi connectivity index (χ1n) is 8.14. The Bertz CT molecular complexity index is 731. The number of halogens is 1. The van der Waals surface area contributed by atoms with E-state index in [1.54, 1.807) is 23.1 Å². The standard InChI is InChI=1S/C17H21FN4O2/c1-3-24-11-15-19-20-17-12(2)21(8-9-22(15)17)16(23)10-13-6-4-5-7-14(13)18/h4-7,12H,3,8-11H2,1-2H3/t12-/m1/s1. The normalized spacial score (nSPS) is 17.0. The first-order chi connectivity index (χ1) is 11.6. The molecule has 1 atom stereocenters. The van der Waals surface area contributed by atoms with Crippen molar-refractivity contribution in [1.82, 2.24) is 19.7 Å². The second-order valence-corrected chi connectivity index (χ2v) is 5.79. The van der Waals surface area contributed by atoms with Crippen LogP contribution in [0.1, 0.15) is 37.1 Å². The van der Waals surface area contributed by atoms with Gasteiger partial charge in [-0.05, 0) is 25.5 Å². The molecule has 1 aromatic carbocycles. The maximum Gasteiger partial charge on any atom is 0.227 e. The number of fused-ring (bicyclic) bond motifs is 1. The average molecular weight is 332 g/mol. The van der Waals surface area contributed by atoms with Crippen molar-refractivity contribution in [1.29, 1.82) is 0 Å². The number of hydrogen-bond donors (Lipinski definition) is 0. The minimum Gasteiger partial charge on any atom is -0.374 e. The quantitative estimate of drug-likeness (QED) is 0.841. The van der Waals surface area contributed by atoms with E-state index in [0.29, 0.717) is 31.9 Å². The lowest BCUT2D eigenvalue weighted by atomic mass is 10.1. The molecule has 0 N–H and O–H groups in total. The summed E-state index contributed by atoms with van der Waals surface area (Å²) in [6.07, 6.45) is 0.0525. The van der Waals surface area contributed by atoms with Gasteiger partial charge in [0, 0.05) is 19.7 Å². The summed E-state index contributed by atoms with van der Waals surface area (Å²) in [5.41, 5.74) is 0.416. The van der Waals surface area contributed by atoms with Crippen molar-refractivity contribution < 1.29 is 13.9 Å². The van der Waals surface area contributed by atoms with E-state index in [2.05, 4.69) is 10.2 Å². The van der Waals surface area contributed by atoms with Crippen molar-refractivity contribution in [2.75, 3.05) is 13.2 Å². The SMILES string of the molecule is CCOCc1nnc2n1CCN(C(=O)Cc1ccccc1F)[C@@H]2C. The summed E-state index contributed by atoms with van der Waals surface area (Å²) in [6, 6.07) is 6.18. The molecule has 128 valence electrons. The van der Waals surface area contributed by atoms with Gasteiger partial charge >= 0.3 is 0 Å². The third-order valence-corrected chi connectivity index (χ3v) is 4.32. The first kappa shape index (κ1) is 16.6. The van der Waals surface area contributed by atoms with Gasteiger partial charge in [0.1, 0.15) is 12.4 Å². The smallest absolute Gasteiger partial charge is 0.227 e. The number of nitrogens with zero attached hydrogens (tertiary/aromatic N) is 4. The number of rotatable bonds is 5. The summed E-state index contributed by atoms with van der Waals surface area (Å²) in [5.74, 6) is 1.07. The summed E-state index contributed by atoms with van der Waals surface area (Å²) < 4.78 is 21.2. The molecule has 0 bridgehead atoms. The highest BCUT2D eigenvalue weighted by Crippen LogP contribution is 2.25. The maximum atomic E-state index is 13.8. The van der Waals surface area contributed by atoms with Crippen LogP contribution >= 0.6 is 0 Å². The van der Waals surface area contributed by atoms with Crippen molar-refractivity contribution in [3.8, 4) is 0 Å². The molecular formula is C17H21FN4O2. The highest BCUT2D eigenvalue weighted by atomic mass is 19.1. The van der Waals surface area contributed by atoms with Crippen LogP contribution in [0.2, 0.25) is 0 Å². The number of carbonyl (C=O) groups excluding carboxylic acids is 1. The third kappa shape index (κ3) is 3.17. The van der Waals surface area contributed by atoms with Gasteiger partial charge in [-0.3, -0.25) is 4.79 Å². The van der Waals surface area contributed by atoms with E-state index >= 15 is 0 Å². The topological polar surface area (TPSA) is 60.3 Å². The molecule has 2 aromatic rings. The summed E-state index contributed by atoms with van der Waals surface area (Å²) >= 11 is 0. The Balaban J connectivity index is 1.74. The van der Waals surface area contributed by atoms with Crippen molar-refractivity contribution >= 4 is 5.91 Å². The monoisotopic (exact) mass is 332 g/mol. The van der Waals surface area contributed by atoms with Gasteiger partial charge in [-0.15, -0.1) is 10.2 Å². The number of benzene rings is 1. The van der Waals surface area contributed by atoms with E-state index in [-0.39, 0.29) is 24.2 Å². The van der Waals surface area contributed by atoms with Gasteiger partial charge in [-0.25, -0.2) is 4.39 Å². The molecule has 0 spiro atoms. The first-order valence-corrected chi connectivity index (χ1v) is 8.14. The van der Waals surface area contributed by atoms with Crippen LogP contribution in [0, 0.1) is 5.82 Å². The van der Waals surface area contributed by atoms with Crippen LogP contribution in [-0.2, 0) is 29.1 Å². The van der Waals surface area contributed by atoms with Crippen molar-refractivity contribution in [2.24, 2.45) is 0 Å². The molecule has 0 saturated carbocycles. The zero-order valence-electron chi connectivity index (χ0n) is 13.9. The highest BCUT2D eigenvalue weighted by molar-refractivity contribution is 5.79. The van der Waals surface area contributed by atoms with Gasteiger partial charge < -0.3 is 14.2 Å². The minimum atomic E-state index is -0.349. The van der Waals surface area contributed by atoms with Gasteiger partial charge in [-0.2, -0.15) is 0 Å². The molecule has 1 aromatic heterocycles. The van der Waals surface area contributed by atoms with Crippen LogP contribution in [0.25, 0.3) is 0 Å². The van der Waals surface area contributed by atoms with Crippen LogP contribution in [0.15, 0.2) is 24.3 Å².